The number of halogens is 4. The van der Waals surface area contributed by atoms with E-state index in [1.54, 1.807) is 0 Å². The number of rotatable bonds is 4. The number of carboxylic acids is 1. The van der Waals surface area contributed by atoms with Gasteiger partial charge in [-0.1, -0.05) is 6.07 Å². The molecule has 1 unspecified atom stereocenters. The molecule has 0 bridgehead atoms. The van der Waals surface area contributed by atoms with Gasteiger partial charge in [0.1, 0.15) is 11.4 Å². The van der Waals surface area contributed by atoms with Crippen LogP contribution < -0.4 is 4.90 Å². The summed E-state index contributed by atoms with van der Waals surface area (Å²) < 4.78 is 52.4. The molecule has 0 amide bonds. The second-order valence-corrected chi connectivity index (χ2v) is 5.98. The van der Waals surface area contributed by atoms with E-state index >= 15 is 0 Å². The van der Waals surface area contributed by atoms with E-state index in [-0.39, 0.29) is 23.2 Å². The van der Waals surface area contributed by atoms with Crippen molar-refractivity contribution in [2.24, 2.45) is 0 Å². The Hall–Kier alpha value is -1.44. The van der Waals surface area contributed by atoms with E-state index in [4.69, 9.17) is 5.11 Å². The van der Waals surface area contributed by atoms with Crippen molar-refractivity contribution in [2.45, 2.75) is 17.8 Å². The van der Waals surface area contributed by atoms with Gasteiger partial charge in [-0.05, 0) is 18.6 Å². The summed E-state index contributed by atoms with van der Waals surface area (Å²) in [6.07, 6.45) is -4.18. The first-order valence-electron chi connectivity index (χ1n) is 6.23. The molecule has 116 valence electrons. The van der Waals surface area contributed by atoms with Crippen molar-refractivity contribution in [1.82, 2.24) is 0 Å². The molecule has 8 heteroatoms. The molecule has 1 saturated heterocycles. The lowest BCUT2D eigenvalue weighted by atomic mass is 10.1. The summed E-state index contributed by atoms with van der Waals surface area (Å²) in [7, 11) is 0. The molecule has 3 nitrogen and oxygen atoms in total. The van der Waals surface area contributed by atoms with Crippen molar-refractivity contribution in [1.29, 1.82) is 0 Å². The molecule has 1 aliphatic heterocycles. The van der Waals surface area contributed by atoms with Crippen LogP contribution in [0.3, 0.4) is 0 Å². The third-order valence-electron chi connectivity index (χ3n) is 3.20. The summed E-state index contributed by atoms with van der Waals surface area (Å²) in [4.78, 5) is 12.0. The van der Waals surface area contributed by atoms with Crippen molar-refractivity contribution in [2.75, 3.05) is 23.7 Å². The Balaban J connectivity index is 2.17. The molecule has 0 radical (unpaired) electrons. The van der Waals surface area contributed by atoms with Crippen LogP contribution in [0, 0.1) is 5.82 Å². The summed E-state index contributed by atoms with van der Waals surface area (Å²) in [6.45, 7) is 0.633. The minimum Gasteiger partial charge on any atom is -0.481 e. The maximum atomic E-state index is 13.5. The van der Waals surface area contributed by atoms with E-state index in [2.05, 4.69) is 0 Å². The number of carbonyl (C=O) groups is 1. The van der Waals surface area contributed by atoms with Crippen molar-refractivity contribution >= 4 is 23.4 Å². The molecule has 1 N–H and O–H groups in total. The Morgan fingerprint density at radius 2 is 2.14 bits per heavy atom. The van der Waals surface area contributed by atoms with Gasteiger partial charge >= 0.3 is 12.1 Å². The summed E-state index contributed by atoms with van der Waals surface area (Å²) in [5, 5.41) is 8.55. The highest BCUT2D eigenvalue weighted by Crippen LogP contribution is 2.40. The smallest absolute Gasteiger partial charge is 0.421 e. The molecule has 1 aliphatic rings. The average Bonchev–Trinajstić information content (AvgIpc) is 2.83. The number of hydrogen-bond acceptors (Lipinski definition) is 3. The Bertz CT molecular complexity index is 535. The van der Waals surface area contributed by atoms with E-state index in [0.717, 1.165) is 6.07 Å². The van der Waals surface area contributed by atoms with E-state index in [9.17, 15) is 22.4 Å². The maximum absolute atomic E-state index is 13.5. The minimum absolute atomic E-state index is 0.0644. The number of thioether (sulfide) groups is 1. The molecular weight excluding hydrogens is 310 g/mol. The Labute approximate surface area is 122 Å². The van der Waals surface area contributed by atoms with Crippen LogP contribution >= 0.6 is 11.8 Å². The summed E-state index contributed by atoms with van der Waals surface area (Å²) in [5.74, 6) is -2.34. The molecule has 1 heterocycles. The Kier molecular flexibility index (Phi) is 4.65. The van der Waals surface area contributed by atoms with Crippen molar-refractivity contribution in [3.05, 3.63) is 29.6 Å². The molecular formula is C13H13F4NO2S. The van der Waals surface area contributed by atoms with Crippen molar-refractivity contribution < 1.29 is 27.5 Å². The maximum Gasteiger partial charge on any atom is 0.421 e. The number of anilines is 1. The predicted molar refractivity (Wildman–Crippen MR) is 72.1 cm³/mol. The Morgan fingerprint density at radius 3 is 2.76 bits per heavy atom. The fourth-order valence-electron chi connectivity index (χ4n) is 2.33. The largest absolute Gasteiger partial charge is 0.481 e. The zero-order valence-corrected chi connectivity index (χ0v) is 11.7. The van der Waals surface area contributed by atoms with Gasteiger partial charge in [-0.25, -0.2) is 4.39 Å². The van der Waals surface area contributed by atoms with Gasteiger partial charge < -0.3 is 10.0 Å². The predicted octanol–water partition coefficient (Wildman–Crippen LogP) is 3.24. The molecule has 0 spiro atoms. The topological polar surface area (TPSA) is 40.5 Å². The molecule has 0 aromatic heterocycles. The van der Waals surface area contributed by atoms with E-state index in [1.165, 1.54) is 28.8 Å². The standard InChI is InChI=1S/C13H13F4NO2S/c14-9-2-1-3-10(12(9)13(15,16)17)18-5-4-8(6-18)21-7-11(19)20/h1-3,8H,4-7H2,(H,19,20). The summed E-state index contributed by atoms with van der Waals surface area (Å²) >= 11 is 1.19. The molecule has 21 heavy (non-hydrogen) atoms. The number of alkyl halides is 3. The number of aliphatic carboxylic acids is 1. The van der Waals surface area contributed by atoms with Crippen LogP contribution in [-0.2, 0) is 11.0 Å². The van der Waals surface area contributed by atoms with Crippen LogP contribution in [0.15, 0.2) is 18.2 Å². The fraction of sp³-hybridized carbons (Fsp3) is 0.462. The van der Waals surface area contributed by atoms with Gasteiger partial charge in [0.05, 0.1) is 11.4 Å². The van der Waals surface area contributed by atoms with Crippen LogP contribution in [0.1, 0.15) is 12.0 Å². The third-order valence-corrected chi connectivity index (χ3v) is 4.47. The SMILES string of the molecule is O=C(O)CSC1CCN(c2cccc(F)c2C(F)(F)F)C1. The number of nitrogens with zero attached hydrogens (tertiary/aromatic N) is 1. The third kappa shape index (κ3) is 3.81. The highest BCUT2D eigenvalue weighted by Gasteiger charge is 2.39. The monoisotopic (exact) mass is 323 g/mol. The van der Waals surface area contributed by atoms with Crippen LogP contribution in [0.4, 0.5) is 23.2 Å². The fourth-order valence-corrected chi connectivity index (χ4v) is 3.26. The van der Waals surface area contributed by atoms with Crippen LogP contribution in [0.25, 0.3) is 0 Å². The molecule has 1 atom stereocenters. The van der Waals surface area contributed by atoms with Crippen molar-refractivity contribution in [3.63, 3.8) is 0 Å². The molecule has 1 aromatic rings. The van der Waals surface area contributed by atoms with Gasteiger partial charge in [-0.3, -0.25) is 4.79 Å². The lowest BCUT2D eigenvalue weighted by Crippen LogP contribution is -2.25. The normalized spacial score (nSPS) is 19.0. The molecule has 1 fully saturated rings. The highest BCUT2D eigenvalue weighted by molar-refractivity contribution is 8.00. The van der Waals surface area contributed by atoms with Crippen molar-refractivity contribution in [3.8, 4) is 0 Å². The van der Waals surface area contributed by atoms with Gasteiger partial charge in [0.25, 0.3) is 0 Å². The second kappa shape index (κ2) is 6.13. The molecule has 1 aromatic carbocycles. The zero-order chi connectivity index (χ0) is 15.6. The van der Waals surface area contributed by atoms with E-state index < -0.39 is 23.5 Å². The summed E-state index contributed by atoms with van der Waals surface area (Å²) in [6, 6.07) is 3.28. The number of hydrogen-bond donors (Lipinski definition) is 1. The van der Waals surface area contributed by atoms with E-state index in [1.807, 2.05) is 0 Å². The molecule has 0 aliphatic carbocycles. The average molecular weight is 323 g/mol. The Morgan fingerprint density at radius 1 is 1.43 bits per heavy atom. The first-order valence-corrected chi connectivity index (χ1v) is 7.28. The van der Waals surface area contributed by atoms with Gasteiger partial charge in [-0.15, -0.1) is 11.8 Å². The van der Waals surface area contributed by atoms with Crippen LogP contribution in [-0.4, -0.2) is 35.2 Å². The van der Waals surface area contributed by atoms with Gasteiger partial charge in [0.15, 0.2) is 0 Å². The molecule has 2 rings (SSSR count). The zero-order valence-electron chi connectivity index (χ0n) is 10.9. The summed E-state index contributed by atoms with van der Waals surface area (Å²) in [5.41, 5.74) is -1.44. The van der Waals surface area contributed by atoms with Gasteiger partial charge in [0.2, 0.25) is 0 Å². The lowest BCUT2D eigenvalue weighted by molar-refractivity contribution is -0.139. The first kappa shape index (κ1) is 15.9. The number of benzene rings is 1. The lowest BCUT2D eigenvalue weighted by Gasteiger charge is -2.23. The second-order valence-electron chi connectivity index (χ2n) is 4.69. The first-order chi connectivity index (χ1) is 9.79. The number of carboxylic acid groups (broad SMARTS) is 1. The van der Waals surface area contributed by atoms with Crippen LogP contribution in [0.2, 0.25) is 0 Å². The minimum atomic E-state index is -4.76. The van der Waals surface area contributed by atoms with E-state index in [0.29, 0.717) is 13.0 Å². The van der Waals surface area contributed by atoms with Gasteiger partial charge in [0, 0.05) is 18.3 Å². The van der Waals surface area contributed by atoms with Gasteiger partial charge in [-0.2, -0.15) is 13.2 Å². The molecule has 0 saturated carbocycles. The quantitative estimate of drug-likeness (QED) is 0.864. The highest BCUT2D eigenvalue weighted by atomic mass is 32.2. The van der Waals surface area contributed by atoms with Crippen LogP contribution in [0.5, 0.6) is 0 Å².